The number of hydrogen-bond donors (Lipinski definition) is 1. The van der Waals surface area contributed by atoms with Crippen molar-refractivity contribution in [2.24, 2.45) is 5.41 Å². The Morgan fingerprint density at radius 1 is 1.08 bits per heavy atom. The van der Waals surface area contributed by atoms with Crippen LogP contribution in [0, 0.1) is 5.41 Å². The fourth-order valence-electron chi connectivity index (χ4n) is 2.55. The lowest BCUT2D eigenvalue weighted by Crippen LogP contribution is -2.27. The second kappa shape index (κ2) is 6.67. The number of carbonyl (C=O) groups excluding carboxylic acids is 1. The third-order valence-corrected chi connectivity index (χ3v) is 4.08. The van der Waals surface area contributed by atoms with Crippen LogP contribution < -0.4 is 15.7 Å². The Labute approximate surface area is 151 Å². The zero-order valence-corrected chi connectivity index (χ0v) is 15.3. The molecule has 0 aliphatic carbocycles. The van der Waals surface area contributed by atoms with Crippen LogP contribution in [0.15, 0.2) is 57.7 Å². The molecule has 5 nitrogen and oxygen atoms in total. The summed E-state index contributed by atoms with van der Waals surface area (Å²) in [6.45, 7) is 5.49. The molecule has 0 fully saturated rings. The maximum absolute atomic E-state index is 12.4. The van der Waals surface area contributed by atoms with Crippen LogP contribution in [0.25, 0.3) is 22.1 Å². The smallest absolute Gasteiger partial charge is 0.344 e. The van der Waals surface area contributed by atoms with Crippen molar-refractivity contribution in [2.45, 2.75) is 20.8 Å². The van der Waals surface area contributed by atoms with Crippen molar-refractivity contribution in [3.8, 4) is 16.9 Å². The van der Waals surface area contributed by atoms with E-state index in [0.29, 0.717) is 28.1 Å². The minimum absolute atomic E-state index is 0.140. The van der Waals surface area contributed by atoms with Crippen LogP contribution in [0.5, 0.6) is 5.75 Å². The summed E-state index contributed by atoms with van der Waals surface area (Å²) in [5.41, 5.74) is 1.14. The Morgan fingerprint density at radius 3 is 2.50 bits per heavy atom. The van der Waals surface area contributed by atoms with E-state index in [4.69, 9.17) is 9.15 Å². The largest absolute Gasteiger partial charge is 0.495 e. The average molecular weight is 351 g/mol. The van der Waals surface area contributed by atoms with E-state index in [1.165, 1.54) is 7.11 Å². The molecule has 26 heavy (non-hydrogen) atoms. The summed E-state index contributed by atoms with van der Waals surface area (Å²) in [6.07, 6.45) is 0. The molecule has 0 aliphatic heterocycles. The first-order valence-electron chi connectivity index (χ1n) is 8.32. The van der Waals surface area contributed by atoms with Gasteiger partial charge in [-0.1, -0.05) is 45.0 Å². The van der Waals surface area contributed by atoms with E-state index < -0.39 is 11.0 Å². The van der Waals surface area contributed by atoms with Crippen LogP contribution in [-0.4, -0.2) is 13.0 Å². The molecule has 3 aromatic rings. The number of amides is 1. The van der Waals surface area contributed by atoms with E-state index in [1.54, 1.807) is 30.3 Å². The van der Waals surface area contributed by atoms with Gasteiger partial charge >= 0.3 is 5.63 Å². The van der Waals surface area contributed by atoms with Crippen LogP contribution >= 0.6 is 0 Å². The van der Waals surface area contributed by atoms with E-state index in [0.717, 1.165) is 5.39 Å². The van der Waals surface area contributed by atoms with Gasteiger partial charge in [-0.05, 0) is 29.8 Å². The number of methoxy groups -OCH3 is 1. The Balaban J connectivity index is 2.09. The minimum atomic E-state index is -0.553. The SMILES string of the molecule is COc1ccc(-c2cc3ccccc3oc2=O)cc1NC(=O)C(C)(C)C. The van der Waals surface area contributed by atoms with Crippen molar-refractivity contribution in [3.05, 3.63) is 59.0 Å². The van der Waals surface area contributed by atoms with Crippen LogP contribution in [0.4, 0.5) is 5.69 Å². The van der Waals surface area contributed by atoms with Crippen molar-refractivity contribution >= 4 is 22.6 Å². The Kier molecular flexibility index (Phi) is 4.55. The molecular formula is C21H21NO4. The highest BCUT2D eigenvalue weighted by molar-refractivity contribution is 5.96. The van der Waals surface area contributed by atoms with Gasteiger partial charge in [0, 0.05) is 10.8 Å². The topological polar surface area (TPSA) is 68.5 Å². The van der Waals surface area contributed by atoms with Crippen LogP contribution in [-0.2, 0) is 4.79 Å². The Bertz CT molecular complexity index is 1030. The Hall–Kier alpha value is -3.08. The van der Waals surface area contributed by atoms with Gasteiger partial charge in [-0.15, -0.1) is 0 Å². The number of para-hydroxylation sites is 1. The first-order valence-corrected chi connectivity index (χ1v) is 8.32. The number of fused-ring (bicyclic) bond motifs is 1. The summed E-state index contributed by atoms with van der Waals surface area (Å²) < 4.78 is 10.7. The second-order valence-corrected chi connectivity index (χ2v) is 7.10. The van der Waals surface area contributed by atoms with E-state index >= 15 is 0 Å². The zero-order valence-electron chi connectivity index (χ0n) is 15.3. The number of hydrogen-bond acceptors (Lipinski definition) is 4. The van der Waals surface area contributed by atoms with Gasteiger partial charge in [0.1, 0.15) is 11.3 Å². The van der Waals surface area contributed by atoms with E-state index in [2.05, 4.69) is 5.32 Å². The second-order valence-electron chi connectivity index (χ2n) is 7.10. The van der Waals surface area contributed by atoms with Gasteiger partial charge in [0.2, 0.25) is 5.91 Å². The highest BCUT2D eigenvalue weighted by atomic mass is 16.5. The number of ether oxygens (including phenoxy) is 1. The van der Waals surface area contributed by atoms with Gasteiger partial charge < -0.3 is 14.5 Å². The molecule has 5 heteroatoms. The molecule has 0 spiro atoms. The monoisotopic (exact) mass is 351 g/mol. The fourth-order valence-corrected chi connectivity index (χ4v) is 2.55. The van der Waals surface area contributed by atoms with Crippen LogP contribution in [0.3, 0.4) is 0 Å². The fraction of sp³-hybridized carbons (Fsp3) is 0.238. The number of benzene rings is 2. The predicted molar refractivity (Wildman–Crippen MR) is 103 cm³/mol. The maximum Gasteiger partial charge on any atom is 0.344 e. The molecule has 1 N–H and O–H groups in total. The van der Waals surface area contributed by atoms with Gasteiger partial charge in [-0.3, -0.25) is 4.79 Å². The number of anilines is 1. The van der Waals surface area contributed by atoms with Crippen LogP contribution in [0.1, 0.15) is 20.8 Å². The molecule has 0 aliphatic rings. The third-order valence-electron chi connectivity index (χ3n) is 4.08. The normalized spacial score (nSPS) is 11.4. The summed E-state index contributed by atoms with van der Waals surface area (Å²) in [7, 11) is 1.53. The molecule has 0 atom stereocenters. The summed E-state index contributed by atoms with van der Waals surface area (Å²) in [5, 5.41) is 3.70. The molecule has 3 rings (SSSR count). The molecule has 0 radical (unpaired) electrons. The summed E-state index contributed by atoms with van der Waals surface area (Å²) in [4.78, 5) is 24.7. The van der Waals surface area contributed by atoms with E-state index in [9.17, 15) is 9.59 Å². The summed E-state index contributed by atoms with van der Waals surface area (Å²) in [5.74, 6) is 0.384. The average Bonchev–Trinajstić information content (AvgIpc) is 2.60. The van der Waals surface area contributed by atoms with Gasteiger partial charge in [0.25, 0.3) is 0 Å². The van der Waals surface area contributed by atoms with Gasteiger partial charge in [0.05, 0.1) is 18.4 Å². The molecule has 1 amide bonds. The van der Waals surface area contributed by atoms with Crippen molar-refractivity contribution in [1.82, 2.24) is 0 Å². The number of rotatable bonds is 3. The summed E-state index contributed by atoms with van der Waals surface area (Å²) >= 11 is 0. The Morgan fingerprint density at radius 2 is 1.81 bits per heavy atom. The molecular weight excluding hydrogens is 330 g/mol. The first-order chi connectivity index (χ1) is 12.3. The van der Waals surface area contributed by atoms with Gasteiger partial charge in [-0.25, -0.2) is 4.79 Å². The van der Waals surface area contributed by atoms with Crippen molar-refractivity contribution in [3.63, 3.8) is 0 Å². The highest BCUT2D eigenvalue weighted by Gasteiger charge is 2.22. The van der Waals surface area contributed by atoms with Crippen molar-refractivity contribution in [1.29, 1.82) is 0 Å². The van der Waals surface area contributed by atoms with Crippen molar-refractivity contribution in [2.75, 3.05) is 12.4 Å². The highest BCUT2D eigenvalue weighted by Crippen LogP contribution is 2.31. The molecule has 0 saturated heterocycles. The molecule has 1 heterocycles. The molecule has 0 unspecified atom stereocenters. The predicted octanol–water partition coefficient (Wildman–Crippen LogP) is 4.45. The molecule has 1 aromatic heterocycles. The molecule has 134 valence electrons. The zero-order chi connectivity index (χ0) is 18.9. The van der Waals surface area contributed by atoms with E-state index in [1.807, 2.05) is 39.0 Å². The minimum Gasteiger partial charge on any atom is -0.495 e. The van der Waals surface area contributed by atoms with Crippen molar-refractivity contribution < 1.29 is 13.9 Å². The molecule has 0 saturated carbocycles. The lowest BCUT2D eigenvalue weighted by atomic mass is 9.95. The standard InChI is InChI=1S/C21H21NO4/c1-21(2,3)20(24)22-16-12-13(9-10-18(16)25-4)15-11-14-7-5-6-8-17(14)26-19(15)23/h5-12H,1-4H3,(H,22,24). The lowest BCUT2D eigenvalue weighted by Gasteiger charge is -2.19. The number of nitrogens with one attached hydrogen (secondary N) is 1. The quantitative estimate of drug-likeness (QED) is 0.708. The van der Waals surface area contributed by atoms with Gasteiger partial charge in [-0.2, -0.15) is 0 Å². The lowest BCUT2D eigenvalue weighted by molar-refractivity contribution is -0.123. The maximum atomic E-state index is 12.4. The molecule has 0 bridgehead atoms. The van der Waals surface area contributed by atoms with Gasteiger partial charge in [0.15, 0.2) is 0 Å². The first kappa shape index (κ1) is 17.7. The van der Waals surface area contributed by atoms with Crippen LogP contribution in [0.2, 0.25) is 0 Å². The number of carbonyl (C=O) groups is 1. The van der Waals surface area contributed by atoms with E-state index in [-0.39, 0.29) is 5.91 Å². The third kappa shape index (κ3) is 3.47. The summed E-state index contributed by atoms with van der Waals surface area (Å²) in [6, 6.07) is 14.3. The molecule has 2 aromatic carbocycles.